The van der Waals surface area contributed by atoms with Crippen LogP contribution in [-0.4, -0.2) is 31.0 Å². The average molecular weight is 309 g/mol. The van der Waals surface area contributed by atoms with Crippen LogP contribution in [0.3, 0.4) is 0 Å². The smallest absolute Gasteiger partial charge is 0.256 e. The van der Waals surface area contributed by atoms with Crippen LogP contribution in [0.2, 0.25) is 5.02 Å². The van der Waals surface area contributed by atoms with Crippen LogP contribution in [0.25, 0.3) is 0 Å². The Kier molecular flexibility index (Phi) is 5.25. The van der Waals surface area contributed by atoms with E-state index in [-0.39, 0.29) is 12.5 Å². The van der Waals surface area contributed by atoms with Crippen molar-refractivity contribution >= 4 is 17.5 Å². The van der Waals surface area contributed by atoms with Crippen molar-refractivity contribution in [2.75, 3.05) is 20.2 Å². The zero-order chi connectivity index (χ0) is 15.2. The SMILES string of the molecule is CN(CCOc1cccc(Cl)c1)C(=O)c1coc(CN)c1. The third kappa shape index (κ3) is 4.24. The molecule has 1 aromatic carbocycles. The summed E-state index contributed by atoms with van der Waals surface area (Å²) in [5, 5.41) is 0.615. The number of carbonyl (C=O) groups excluding carboxylic acids is 1. The van der Waals surface area contributed by atoms with Crippen LogP contribution in [-0.2, 0) is 6.54 Å². The van der Waals surface area contributed by atoms with E-state index in [0.717, 1.165) is 0 Å². The molecule has 0 aliphatic carbocycles. The largest absolute Gasteiger partial charge is 0.492 e. The maximum absolute atomic E-state index is 12.1. The van der Waals surface area contributed by atoms with E-state index in [9.17, 15) is 4.79 Å². The molecule has 2 N–H and O–H groups in total. The van der Waals surface area contributed by atoms with Gasteiger partial charge in [-0.25, -0.2) is 0 Å². The number of hydrogen-bond donors (Lipinski definition) is 1. The summed E-state index contributed by atoms with van der Waals surface area (Å²) in [5.74, 6) is 1.13. The van der Waals surface area contributed by atoms with Gasteiger partial charge in [0.15, 0.2) is 0 Å². The molecule has 0 unspecified atom stereocenters. The lowest BCUT2D eigenvalue weighted by Crippen LogP contribution is -2.30. The molecule has 0 fully saturated rings. The van der Waals surface area contributed by atoms with Gasteiger partial charge < -0.3 is 19.8 Å². The molecule has 5 nitrogen and oxygen atoms in total. The molecule has 1 heterocycles. The van der Waals surface area contributed by atoms with E-state index in [1.807, 2.05) is 12.1 Å². The van der Waals surface area contributed by atoms with Crippen molar-refractivity contribution in [2.45, 2.75) is 6.54 Å². The summed E-state index contributed by atoms with van der Waals surface area (Å²) in [6.45, 7) is 1.10. The minimum atomic E-state index is -0.131. The van der Waals surface area contributed by atoms with Gasteiger partial charge in [-0.15, -0.1) is 0 Å². The lowest BCUT2D eigenvalue weighted by molar-refractivity contribution is 0.0773. The van der Waals surface area contributed by atoms with Crippen LogP contribution in [0, 0.1) is 0 Å². The third-order valence-electron chi connectivity index (χ3n) is 2.94. The number of nitrogens with zero attached hydrogens (tertiary/aromatic N) is 1. The Morgan fingerprint density at radius 1 is 1.43 bits per heavy atom. The van der Waals surface area contributed by atoms with Crippen LogP contribution < -0.4 is 10.5 Å². The van der Waals surface area contributed by atoms with Crippen LogP contribution >= 0.6 is 11.6 Å². The fourth-order valence-corrected chi connectivity index (χ4v) is 1.96. The number of amides is 1. The van der Waals surface area contributed by atoms with E-state index in [4.69, 9.17) is 26.5 Å². The lowest BCUT2D eigenvalue weighted by atomic mass is 10.2. The van der Waals surface area contributed by atoms with E-state index in [1.165, 1.54) is 6.26 Å². The number of rotatable bonds is 6. The Morgan fingerprint density at radius 2 is 2.24 bits per heavy atom. The van der Waals surface area contributed by atoms with E-state index in [0.29, 0.717) is 35.2 Å². The van der Waals surface area contributed by atoms with Crippen molar-refractivity contribution in [1.29, 1.82) is 0 Å². The molecule has 0 saturated carbocycles. The van der Waals surface area contributed by atoms with Gasteiger partial charge in [0.2, 0.25) is 0 Å². The molecule has 1 aromatic heterocycles. The summed E-state index contributed by atoms with van der Waals surface area (Å²) in [6.07, 6.45) is 1.42. The van der Waals surface area contributed by atoms with Crippen molar-refractivity contribution in [1.82, 2.24) is 4.90 Å². The number of likely N-dealkylation sites (N-methyl/N-ethyl adjacent to an activating group) is 1. The molecule has 1 amide bonds. The van der Waals surface area contributed by atoms with Crippen molar-refractivity contribution in [2.24, 2.45) is 5.73 Å². The van der Waals surface area contributed by atoms with E-state index in [1.54, 1.807) is 30.1 Å². The van der Waals surface area contributed by atoms with Crippen molar-refractivity contribution in [3.05, 3.63) is 52.9 Å². The first-order valence-electron chi connectivity index (χ1n) is 6.51. The topological polar surface area (TPSA) is 68.7 Å². The Morgan fingerprint density at radius 3 is 2.90 bits per heavy atom. The first-order valence-corrected chi connectivity index (χ1v) is 6.89. The van der Waals surface area contributed by atoms with Gasteiger partial charge in [-0.05, 0) is 24.3 Å². The molecule has 0 bridgehead atoms. The van der Waals surface area contributed by atoms with Crippen molar-refractivity contribution in [3.8, 4) is 5.75 Å². The summed E-state index contributed by atoms with van der Waals surface area (Å²) in [6, 6.07) is 8.78. The number of benzene rings is 1. The second-order valence-corrected chi connectivity index (χ2v) is 4.97. The standard InChI is InChI=1S/C15H17ClN2O3/c1-18(15(19)11-7-14(9-17)21-10-11)5-6-20-13-4-2-3-12(16)8-13/h2-4,7-8,10H,5-6,9,17H2,1H3. The summed E-state index contributed by atoms with van der Waals surface area (Å²) in [5.41, 5.74) is 5.93. The number of hydrogen-bond acceptors (Lipinski definition) is 4. The lowest BCUT2D eigenvalue weighted by Gasteiger charge is -2.16. The first kappa shape index (κ1) is 15.4. The summed E-state index contributed by atoms with van der Waals surface area (Å²) in [7, 11) is 1.71. The molecule has 0 aliphatic rings. The molecule has 0 spiro atoms. The molecule has 0 saturated heterocycles. The molecule has 112 valence electrons. The molecule has 0 atom stereocenters. The maximum Gasteiger partial charge on any atom is 0.256 e. The Balaban J connectivity index is 1.84. The van der Waals surface area contributed by atoms with Crippen LogP contribution in [0.4, 0.5) is 0 Å². The summed E-state index contributed by atoms with van der Waals surface area (Å²) in [4.78, 5) is 13.7. The highest BCUT2D eigenvalue weighted by atomic mass is 35.5. The average Bonchev–Trinajstić information content (AvgIpc) is 2.95. The number of halogens is 1. The highest BCUT2D eigenvalue weighted by Gasteiger charge is 2.14. The van der Waals surface area contributed by atoms with Gasteiger partial charge >= 0.3 is 0 Å². The van der Waals surface area contributed by atoms with Crippen molar-refractivity contribution in [3.63, 3.8) is 0 Å². The van der Waals surface area contributed by atoms with Gasteiger partial charge in [0.05, 0.1) is 18.7 Å². The molecular formula is C15H17ClN2O3. The van der Waals surface area contributed by atoms with Gasteiger partial charge in [0.1, 0.15) is 24.4 Å². The number of furan rings is 1. The molecule has 2 aromatic rings. The minimum absolute atomic E-state index is 0.131. The minimum Gasteiger partial charge on any atom is -0.492 e. The summed E-state index contributed by atoms with van der Waals surface area (Å²) >= 11 is 5.87. The fourth-order valence-electron chi connectivity index (χ4n) is 1.78. The molecular weight excluding hydrogens is 292 g/mol. The van der Waals surface area contributed by atoms with Crippen molar-refractivity contribution < 1.29 is 13.9 Å². The molecule has 6 heteroatoms. The van der Waals surface area contributed by atoms with E-state index >= 15 is 0 Å². The first-order chi connectivity index (χ1) is 10.1. The highest BCUT2D eigenvalue weighted by molar-refractivity contribution is 6.30. The van der Waals surface area contributed by atoms with E-state index < -0.39 is 0 Å². The fraction of sp³-hybridized carbons (Fsp3) is 0.267. The quantitative estimate of drug-likeness (QED) is 0.890. The van der Waals surface area contributed by atoms with Crippen LogP contribution in [0.15, 0.2) is 41.0 Å². The van der Waals surface area contributed by atoms with Crippen LogP contribution in [0.1, 0.15) is 16.1 Å². The van der Waals surface area contributed by atoms with Gasteiger partial charge in [-0.2, -0.15) is 0 Å². The van der Waals surface area contributed by atoms with E-state index in [2.05, 4.69) is 0 Å². The molecule has 0 radical (unpaired) electrons. The predicted octanol–water partition coefficient (Wildman–Crippen LogP) is 2.54. The normalized spacial score (nSPS) is 10.4. The third-order valence-corrected chi connectivity index (χ3v) is 3.18. The summed E-state index contributed by atoms with van der Waals surface area (Å²) < 4.78 is 10.7. The van der Waals surface area contributed by atoms with Gasteiger partial charge in [0.25, 0.3) is 5.91 Å². The Labute approximate surface area is 128 Å². The molecule has 0 aliphatic heterocycles. The number of carbonyl (C=O) groups is 1. The van der Waals surface area contributed by atoms with Gasteiger partial charge in [0, 0.05) is 12.1 Å². The zero-order valence-corrected chi connectivity index (χ0v) is 12.5. The molecule has 2 rings (SSSR count). The predicted molar refractivity (Wildman–Crippen MR) is 80.5 cm³/mol. The Bertz CT molecular complexity index is 612. The molecule has 21 heavy (non-hydrogen) atoms. The monoisotopic (exact) mass is 308 g/mol. The number of nitrogens with two attached hydrogens (primary N) is 1. The highest BCUT2D eigenvalue weighted by Crippen LogP contribution is 2.17. The zero-order valence-electron chi connectivity index (χ0n) is 11.7. The second kappa shape index (κ2) is 7.15. The van der Waals surface area contributed by atoms with Gasteiger partial charge in [-0.1, -0.05) is 17.7 Å². The maximum atomic E-state index is 12.1. The number of ether oxygens (including phenoxy) is 1. The Hall–Kier alpha value is -1.98. The van der Waals surface area contributed by atoms with Crippen LogP contribution in [0.5, 0.6) is 5.75 Å². The van der Waals surface area contributed by atoms with Gasteiger partial charge in [-0.3, -0.25) is 4.79 Å². The second-order valence-electron chi connectivity index (χ2n) is 4.54.